The lowest BCUT2D eigenvalue weighted by atomic mass is 9.91. The van der Waals surface area contributed by atoms with Gasteiger partial charge in [-0.15, -0.1) is 0 Å². The van der Waals surface area contributed by atoms with E-state index in [9.17, 15) is 4.79 Å². The van der Waals surface area contributed by atoms with Crippen LogP contribution in [0.3, 0.4) is 0 Å². The van der Waals surface area contributed by atoms with Crippen molar-refractivity contribution in [2.75, 3.05) is 24.3 Å². The van der Waals surface area contributed by atoms with E-state index in [2.05, 4.69) is 33.5 Å². The number of carbonyl (C=O) groups excluding carboxylic acids is 1. The zero-order chi connectivity index (χ0) is 19.4. The Morgan fingerprint density at radius 1 is 1.15 bits per heavy atom. The number of aromatic nitrogens is 1. The molecule has 3 rings (SSSR count). The van der Waals surface area contributed by atoms with E-state index in [1.807, 2.05) is 20.3 Å². The topological polar surface area (TPSA) is 57.3 Å². The van der Waals surface area contributed by atoms with Crippen LogP contribution in [-0.4, -0.2) is 37.1 Å². The molecule has 1 aliphatic carbocycles. The second-order valence-corrected chi connectivity index (χ2v) is 7.86. The predicted octanol–water partition coefficient (Wildman–Crippen LogP) is 4.26. The van der Waals surface area contributed by atoms with Gasteiger partial charge in [0.25, 0.3) is 5.91 Å². The van der Waals surface area contributed by atoms with Crippen molar-refractivity contribution in [2.24, 2.45) is 0 Å². The van der Waals surface area contributed by atoms with Crippen LogP contribution in [0.5, 0.6) is 0 Å². The van der Waals surface area contributed by atoms with Crippen LogP contribution in [0.15, 0.2) is 36.5 Å². The van der Waals surface area contributed by atoms with Gasteiger partial charge in [-0.05, 0) is 56.4 Å². The van der Waals surface area contributed by atoms with E-state index < -0.39 is 0 Å². The van der Waals surface area contributed by atoms with Gasteiger partial charge in [-0.3, -0.25) is 4.79 Å². The molecule has 1 saturated carbocycles. The van der Waals surface area contributed by atoms with Gasteiger partial charge in [0.2, 0.25) is 0 Å². The third-order valence-electron chi connectivity index (χ3n) is 5.06. The molecule has 0 bridgehead atoms. The number of carbonyl (C=O) groups is 1. The Morgan fingerprint density at radius 3 is 2.52 bits per heavy atom. The van der Waals surface area contributed by atoms with Gasteiger partial charge in [0, 0.05) is 54.7 Å². The van der Waals surface area contributed by atoms with Crippen molar-refractivity contribution in [1.29, 1.82) is 0 Å². The molecule has 2 N–H and O–H groups in total. The Morgan fingerprint density at radius 2 is 1.85 bits per heavy atom. The molecule has 1 fully saturated rings. The number of anilines is 2. The van der Waals surface area contributed by atoms with E-state index in [0.29, 0.717) is 16.6 Å². The Labute approximate surface area is 166 Å². The van der Waals surface area contributed by atoms with Gasteiger partial charge in [0.05, 0.1) is 0 Å². The monoisotopic (exact) mass is 386 g/mol. The molecule has 0 saturated heterocycles. The zero-order valence-electron chi connectivity index (χ0n) is 16.1. The van der Waals surface area contributed by atoms with Crippen LogP contribution in [0.2, 0.25) is 5.02 Å². The molecule has 5 nitrogen and oxygen atoms in total. The highest BCUT2D eigenvalue weighted by Crippen LogP contribution is 2.25. The summed E-state index contributed by atoms with van der Waals surface area (Å²) in [4.78, 5) is 19.0. The maximum atomic E-state index is 12.4. The summed E-state index contributed by atoms with van der Waals surface area (Å²) >= 11 is 5.97. The van der Waals surface area contributed by atoms with E-state index in [0.717, 1.165) is 37.1 Å². The average Bonchev–Trinajstić information content (AvgIpc) is 2.64. The average molecular weight is 387 g/mol. The van der Waals surface area contributed by atoms with Crippen LogP contribution in [0.1, 0.15) is 41.6 Å². The van der Waals surface area contributed by atoms with E-state index >= 15 is 0 Å². The van der Waals surface area contributed by atoms with Crippen LogP contribution in [-0.2, 0) is 0 Å². The number of nitrogens with zero attached hydrogens (tertiary/aromatic N) is 2. The summed E-state index contributed by atoms with van der Waals surface area (Å²) < 4.78 is 0. The SMILES string of the molecule is Cc1cnc(N[C@H]2CC[C@@H](NC(=O)c3cccc(Cl)c3)CC2)cc1N(C)C. The summed E-state index contributed by atoms with van der Waals surface area (Å²) in [7, 11) is 4.08. The van der Waals surface area contributed by atoms with E-state index in [1.165, 1.54) is 5.69 Å². The van der Waals surface area contributed by atoms with E-state index in [-0.39, 0.29) is 11.9 Å². The van der Waals surface area contributed by atoms with Crippen LogP contribution in [0.25, 0.3) is 0 Å². The minimum absolute atomic E-state index is 0.0512. The summed E-state index contributed by atoms with van der Waals surface area (Å²) in [5.41, 5.74) is 2.95. The van der Waals surface area contributed by atoms with Crippen LogP contribution >= 0.6 is 11.6 Å². The predicted molar refractivity (Wildman–Crippen MR) is 112 cm³/mol. The number of halogens is 1. The van der Waals surface area contributed by atoms with Crippen molar-refractivity contribution >= 4 is 29.0 Å². The van der Waals surface area contributed by atoms with Crippen molar-refractivity contribution in [3.05, 3.63) is 52.7 Å². The molecule has 0 radical (unpaired) electrons. The van der Waals surface area contributed by atoms with Gasteiger partial charge in [0.1, 0.15) is 5.82 Å². The maximum absolute atomic E-state index is 12.4. The molecule has 0 atom stereocenters. The van der Waals surface area contributed by atoms with Crippen molar-refractivity contribution in [3.8, 4) is 0 Å². The first kappa shape index (κ1) is 19.5. The molecule has 1 aliphatic rings. The van der Waals surface area contributed by atoms with Crippen molar-refractivity contribution < 1.29 is 4.79 Å². The van der Waals surface area contributed by atoms with Gasteiger partial charge in [0.15, 0.2) is 0 Å². The number of nitrogens with one attached hydrogen (secondary N) is 2. The second kappa shape index (κ2) is 8.61. The molecule has 0 aliphatic heterocycles. The lowest BCUT2D eigenvalue weighted by molar-refractivity contribution is 0.0926. The van der Waals surface area contributed by atoms with Crippen molar-refractivity contribution in [1.82, 2.24) is 10.3 Å². The molecule has 6 heteroatoms. The molecule has 2 aromatic rings. The third kappa shape index (κ3) is 5.13. The minimum Gasteiger partial charge on any atom is -0.377 e. The van der Waals surface area contributed by atoms with Crippen LogP contribution < -0.4 is 15.5 Å². The highest BCUT2D eigenvalue weighted by molar-refractivity contribution is 6.30. The summed E-state index contributed by atoms with van der Waals surface area (Å²) in [6.07, 6.45) is 5.84. The Balaban J connectivity index is 1.52. The third-order valence-corrected chi connectivity index (χ3v) is 5.29. The first-order valence-corrected chi connectivity index (χ1v) is 9.77. The van der Waals surface area contributed by atoms with Gasteiger partial charge >= 0.3 is 0 Å². The number of rotatable bonds is 5. The lowest BCUT2D eigenvalue weighted by Crippen LogP contribution is -2.40. The molecule has 1 amide bonds. The van der Waals surface area contributed by atoms with Crippen LogP contribution in [0.4, 0.5) is 11.5 Å². The quantitative estimate of drug-likeness (QED) is 0.806. The fourth-order valence-corrected chi connectivity index (χ4v) is 3.75. The summed E-state index contributed by atoms with van der Waals surface area (Å²) in [6, 6.07) is 9.76. The van der Waals surface area contributed by atoms with Gasteiger partial charge in [-0.1, -0.05) is 17.7 Å². The number of hydrogen-bond donors (Lipinski definition) is 2. The Kier molecular flexibility index (Phi) is 6.22. The van der Waals surface area contributed by atoms with Gasteiger partial charge < -0.3 is 15.5 Å². The molecular formula is C21H27ClN4O. The van der Waals surface area contributed by atoms with Gasteiger partial charge in [-0.2, -0.15) is 0 Å². The number of pyridine rings is 1. The number of aryl methyl sites for hydroxylation is 1. The second-order valence-electron chi connectivity index (χ2n) is 7.43. The smallest absolute Gasteiger partial charge is 0.251 e. The maximum Gasteiger partial charge on any atom is 0.251 e. The molecule has 27 heavy (non-hydrogen) atoms. The normalized spacial score (nSPS) is 19.4. The fraction of sp³-hybridized carbons (Fsp3) is 0.429. The minimum atomic E-state index is -0.0512. The molecule has 144 valence electrons. The molecule has 1 aromatic carbocycles. The first-order valence-electron chi connectivity index (χ1n) is 9.39. The molecule has 1 heterocycles. The first-order chi connectivity index (χ1) is 12.9. The highest BCUT2D eigenvalue weighted by atomic mass is 35.5. The van der Waals surface area contributed by atoms with Gasteiger partial charge in [-0.25, -0.2) is 4.98 Å². The number of hydrogen-bond acceptors (Lipinski definition) is 4. The van der Waals surface area contributed by atoms with Crippen molar-refractivity contribution in [2.45, 2.75) is 44.7 Å². The summed E-state index contributed by atoms with van der Waals surface area (Å²) in [6.45, 7) is 2.07. The standard InChI is InChI=1S/C21H27ClN4O/c1-14-13-23-20(12-19(14)26(2)3)24-17-7-9-18(10-8-17)25-21(27)15-5-4-6-16(22)11-15/h4-6,11-13,17-18H,7-10H2,1-3H3,(H,23,24)(H,25,27)/t17-,18+. The summed E-state index contributed by atoms with van der Waals surface area (Å²) in [5, 5.41) is 7.26. The lowest BCUT2D eigenvalue weighted by Gasteiger charge is -2.30. The Hall–Kier alpha value is -2.27. The molecule has 0 unspecified atom stereocenters. The number of benzene rings is 1. The van der Waals surface area contributed by atoms with E-state index in [4.69, 9.17) is 11.6 Å². The molecule has 0 spiro atoms. The van der Waals surface area contributed by atoms with E-state index in [1.54, 1.807) is 24.3 Å². The highest BCUT2D eigenvalue weighted by Gasteiger charge is 2.23. The van der Waals surface area contributed by atoms with Crippen molar-refractivity contribution in [3.63, 3.8) is 0 Å². The molecular weight excluding hydrogens is 360 g/mol. The molecule has 1 aromatic heterocycles. The fourth-order valence-electron chi connectivity index (χ4n) is 3.56. The summed E-state index contributed by atoms with van der Waals surface area (Å²) in [5.74, 6) is 0.862. The Bertz CT molecular complexity index is 801. The zero-order valence-corrected chi connectivity index (χ0v) is 16.9. The van der Waals surface area contributed by atoms with Crippen LogP contribution in [0, 0.1) is 6.92 Å². The number of amides is 1. The largest absolute Gasteiger partial charge is 0.377 e.